The first-order chi connectivity index (χ1) is 12.3. The largest absolute Gasteiger partial charge is 0.326 e. The number of nitro benzene ring substituents is 1. The minimum Gasteiger partial charge on any atom is -0.326 e. The van der Waals surface area contributed by atoms with Crippen LogP contribution in [0.25, 0.3) is 0 Å². The van der Waals surface area contributed by atoms with E-state index in [2.05, 4.69) is 5.32 Å². The fourth-order valence-electron chi connectivity index (χ4n) is 3.20. The summed E-state index contributed by atoms with van der Waals surface area (Å²) in [6.07, 6.45) is 0.0827. The smallest absolute Gasteiger partial charge is 0.271 e. The van der Waals surface area contributed by atoms with Crippen LogP contribution in [0.2, 0.25) is 0 Å². The number of hydrogen-bond acceptors (Lipinski definition) is 4. The first kappa shape index (κ1) is 17.6. The number of nitrogens with zero attached hydrogens (tertiary/aromatic N) is 2. The maximum absolute atomic E-state index is 12.5. The predicted octanol–water partition coefficient (Wildman–Crippen LogP) is 3.20. The SMILES string of the molecule is Cc1cc(C)cc(NC(=O)[C@H]2CC(=O)N(c3cccc([N+](=O)[O-])c3)C2)c1. The van der Waals surface area contributed by atoms with Crippen LogP contribution in [0.1, 0.15) is 17.5 Å². The Bertz CT molecular complexity index is 874. The summed E-state index contributed by atoms with van der Waals surface area (Å²) < 4.78 is 0. The van der Waals surface area contributed by atoms with E-state index in [0.29, 0.717) is 11.4 Å². The van der Waals surface area contributed by atoms with Crippen molar-refractivity contribution in [1.29, 1.82) is 0 Å². The van der Waals surface area contributed by atoms with Crippen molar-refractivity contribution in [2.75, 3.05) is 16.8 Å². The van der Waals surface area contributed by atoms with Gasteiger partial charge in [-0.05, 0) is 43.2 Å². The van der Waals surface area contributed by atoms with Gasteiger partial charge in [-0.3, -0.25) is 19.7 Å². The third-order valence-corrected chi connectivity index (χ3v) is 4.34. The van der Waals surface area contributed by atoms with Gasteiger partial charge in [-0.15, -0.1) is 0 Å². The Hall–Kier alpha value is -3.22. The average Bonchev–Trinajstić information content (AvgIpc) is 2.96. The van der Waals surface area contributed by atoms with Crippen LogP contribution in [0.15, 0.2) is 42.5 Å². The zero-order valence-corrected chi connectivity index (χ0v) is 14.6. The molecule has 1 atom stereocenters. The Morgan fingerprint density at radius 2 is 1.88 bits per heavy atom. The van der Waals surface area contributed by atoms with Crippen molar-refractivity contribution >= 4 is 28.9 Å². The molecule has 2 aromatic rings. The number of anilines is 2. The number of nitrogens with one attached hydrogen (secondary N) is 1. The molecule has 134 valence electrons. The molecule has 1 saturated heterocycles. The van der Waals surface area contributed by atoms with E-state index in [1.165, 1.54) is 23.1 Å². The second-order valence-corrected chi connectivity index (χ2v) is 6.55. The zero-order chi connectivity index (χ0) is 18.8. The Balaban J connectivity index is 1.73. The number of carbonyl (C=O) groups excluding carboxylic acids is 2. The lowest BCUT2D eigenvalue weighted by atomic mass is 10.1. The summed E-state index contributed by atoms with van der Waals surface area (Å²) in [7, 11) is 0. The monoisotopic (exact) mass is 353 g/mol. The highest BCUT2D eigenvalue weighted by atomic mass is 16.6. The van der Waals surface area contributed by atoms with E-state index in [1.54, 1.807) is 6.07 Å². The summed E-state index contributed by atoms with van der Waals surface area (Å²) in [5.74, 6) is -0.940. The summed E-state index contributed by atoms with van der Waals surface area (Å²) in [5.41, 5.74) is 3.14. The average molecular weight is 353 g/mol. The number of non-ortho nitro benzene ring substituents is 1. The molecule has 7 heteroatoms. The predicted molar refractivity (Wildman–Crippen MR) is 98.1 cm³/mol. The van der Waals surface area contributed by atoms with Crippen LogP contribution in [0.5, 0.6) is 0 Å². The summed E-state index contributed by atoms with van der Waals surface area (Å²) in [4.78, 5) is 36.7. The van der Waals surface area contributed by atoms with E-state index in [1.807, 2.05) is 32.0 Å². The van der Waals surface area contributed by atoms with Gasteiger partial charge in [0.1, 0.15) is 0 Å². The molecule has 0 unspecified atom stereocenters. The van der Waals surface area contributed by atoms with Crippen LogP contribution in [-0.4, -0.2) is 23.3 Å². The van der Waals surface area contributed by atoms with Gasteiger partial charge in [0.05, 0.1) is 16.5 Å². The summed E-state index contributed by atoms with van der Waals surface area (Å²) in [5, 5.41) is 13.8. The molecule has 1 aliphatic heterocycles. The van der Waals surface area contributed by atoms with Crippen molar-refractivity contribution in [3.8, 4) is 0 Å². The minimum atomic E-state index is -0.506. The molecule has 1 N–H and O–H groups in total. The van der Waals surface area contributed by atoms with Gasteiger partial charge in [0, 0.05) is 30.8 Å². The number of hydrogen-bond donors (Lipinski definition) is 1. The molecule has 1 heterocycles. The van der Waals surface area contributed by atoms with Crippen LogP contribution in [-0.2, 0) is 9.59 Å². The summed E-state index contributed by atoms with van der Waals surface area (Å²) in [6, 6.07) is 11.6. The summed E-state index contributed by atoms with van der Waals surface area (Å²) in [6.45, 7) is 4.11. The Morgan fingerprint density at radius 1 is 1.19 bits per heavy atom. The van der Waals surface area contributed by atoms with Gasteiger partial charge < -0.3 is 10.2 Å². The third-order valence-electron chi connectivity index (χ3n) is 4.34. The number of nitro groups is 1. The molecule has 0 saturated carbocycles. The molecule has 0 aliphatic carbocycles. The molecular formula is C19H19N3O4. The molecule has 0 spiro atoms. The van der Waals surface area contributed by atoms with Gasteiger partial charge in [0.15, 0.2) is 0 Å². The second kappa shape index (κ2) is 6.95. The fraction of sp³-hybridized carbons (Fsp3) is 0.263. The number of amides is 2. The van der Waals surface area contributed by atoms with E-state index < -0.39 is 10.8 Å². The van der Waals surface area contributed by atoms with Gasteiger partial charge in [-0.2, -0.15) is 0 Å². The maximum atomic E-state index is 12.5. The third kappa shape index (κ3) is 3.72. The van der Waals surface area contributed by atoms with Crippen LogP contribution in [0, 0.1) is 29.9 Å². The van der Waals surface area contributed by atoms with Crippen LogP contribution < -0.4 is 10.2 Å². The second-order valence-electron chi connectivity index (χ2n) is 6.55. The first-order valence-corrected chi connectivity index (χ1v) is 8.27. The molecule has 0 radical (unpaired) electrons. The Morgan fingerprint density at radius 3 is 2.54 bits per heavy atom. The zero-order valence-electron chi connectivity index (χ0n) is 14.6. The van der Waals surface area contributed by atoms with Gasteiger partial charge in [0.25, 0.3) is 5.69 Å². The lowest BCUT2D eigenvalue weighted by molar-refractivity contribution is -0.384. The fourth-order valence-corrected chi connectivity index (χ4v) is 3.20. The van der Waals surface area contributed by atoms with E-state index in [0.717, 1.165) is 11.1 Å². The molecule has 0 aromatic heterocycles. The Kier molecular flexibility index (Phi) is 4.71. The quantitative estimate of drug-likeness (QED) is 0.675. The topological polar surface area (TPSA) is 92.6 Å². The molecule has 1 aliphatic rings. The standard InChI is InChI=1S/C19H19N3O4/c1-12-6-13(2)8-15(7-12)20-19(24)14-9-18(23)21(11-14)16-4-3-5-17(10-16)22(25)26/h3-8,10,14H,9,11H2,1-2H3,(H,20,24)/t14-/m0/s1. The molecule has 0 bridgehead atoms. The van der Waals surface area contributed by atoms with Gasteiger partial charge in [-0.25, -0.2) is 0 Å². The van der Waals surface area contributed by atoms with Gasteiger partial charge in [-0.1, -0.05) is 12.1 Å². The molecule has 2 amide bonds. The lowest BCUT2D eigenvalue weighted by Gasteiger charge is -2.16. The molecular weight excluding hydrogens is 334 g/mol. The van der Waals surface area contributed by atoms with Crippen molar-refractivity contribution in [1.82, 2.24) is 0 Å². The molecule has 3 rings (SSSR count). The van der Waals surface area contributed by atoms with Crippen molar-refractivity contribution < 1.29 is 14.5 Å². The lowest BCUT2D eigenvalue weighted by Crippen LogP contribution is -2.28. The maximum Gasteiger partial charge on any atom is 0.271 e. The minimum absolute atomic E-state index is 0.0827. The van der Waals surface area contributed by atoms with Crippen molar-refractivity contribution in [2.24, 2.45) is 5.92 Å². The highest BCUT2D eigenvalue weighted by Gasteiger charge is 2.35. The van der Waals surface area contributed by atoms with Crippen molar-refractivity contribution in [2.45, 2.75) is 20.3 Å². The van der Waals surface area contributed by atoms with E-state index in [9.17, 15) is 19.7 Å². The highest BCUT2D eigenvalue weighted by Crippen LogP contribution is 2.28. The van der Waals surface area contributed by atoms with Crippen molar-refractivity contribution in [3.05, 3.63) is 63.7 Å². The summed E-state index contributed by atoms with van der Waals surface area (Å²) >= 11 is 0. The van der Waals surface area contributed by atoms with Crippen LogP contribution in [0.3, 0.4) is 0 Å². The molecule has 7 nitrogen and oxygen atoms in total. The van der Waals surface area contributed by atoms with E-state index in [-0.39, 0.29) is 30.5 Å². The van der Waals surface area contributed by atoms with E-state index >= 15 is 0 Å². The van der Waals surface area contributed by atoms with Crippen molar-refractivity contribution in [3.63, 3.8) is 0 Å². The first-order valence-electron chi connectivity index (χ1n) is 8.27. The molecule has 1 fully saturated rings. The van der Waals surface area contributed by atoms with Gasteiger partial charge >= 0.3 is 0 Å². The number of rotatable bonds is 4. The van der Waals surface area contributed by atoms with Crippen LogP contribution in [0.4, 0.5) is 17.1 Å². The molecule has 2 aromatic carbocycles. The number of aryl methyl sites for hydroxylation is 2. The van der Waals surface area contributed by atoms with Gasteiger partial charge in [0.2, 0.25) is 11.8 Å². The highest BCUT2D eigenvalue weighted by molar-refractivity contribution is 6.03. The van der Waals surface area contributed by atoms with E-state index in [4.69, 9.17) is 0 Å². The Labute approximate surface area is 150 Å². The normalized spacial score (nSPS) is 16.6. The number of carbonyl (C=O) groups is 2. The number of benzene rings is 2. The molecule has 26 heavy (non-hydrogen) atoms. The van der Waals surface area contributed by atoms with Crippen LogP contribution >= 0.6 is 0 Å².